The summed E-state index contributed by atoms with van der Waals surface area (Å²) in [6, 6.07) is 7.26. The normalized spacial score (nSPS) is 22.9. The number of rotatable bonds is 8. The van der Waals surface area contributed by atoms with Crippen molar-refractivity contribution >= 4 is 11.9 Å². The Balaban J connectivity index is 1.32. The van der Waals surface area contributed by atoms with Crippen LogP contribution in [0, 0.1) is 0 Å². The van der Waals surface area contributed by atoms with Gasteiger partial charge in [0.1, 0.15) is 50.8 Å². The van der Waals surface area contributed by atoms with Gasteiger partial charge < -0.3 is 24.6 Å². The van der Waals surface area contributed by atoms with E-state index in [2.05, 4.69) is 10.6 Å². The summed E-state index contributed by atoms with van der Waals surface area (Å²) < 4.78 is 11.0. The van der Waals surface area contributed by atoms with Crippen molar-refractivity contribution in [1.29, 1.82) is 0 Å². The lowest BCUT2D eigenvalue weighted by Crippen LogP contribution is -3.30. The Labute approximate surface area is 185 Å². The van der Waals surface area contributed by atoms with Gasteiger partial charge in [0.2, 0.25) is 0 Å². The molecule has 2 fully saturated rings. The highest BCUT2D eigenvalue weighted by molar-refractivity contribution is 5.96. The second kappa shape index (κ2) is 11.9. The molecule has 172 valence electrons. The fraction of sp³-hybridized carbons (Fsp3) is 0.652. The van der Waals surface area contributed by atoms with E-state index in [1.807, 2.05) is 31.2 Å². The van der Waals surface area contributed by atoms with Crippen LogP contribution < -0.4 is 29.9 Å². The number of nitrogens with one attached hydrogen (secondary N) is 4. The van der Waals surface area contributed by atoms with Crippen LogP contribution in [0.1, 0.15) is 39.0 Å². The molecule has 1 aliphatic heterocycles. The van der Waals surface area contributed by atoms with Crippen molar-refractivity contribution in [3.05, 3.63) is 24.3 Å². The molecular weight excluding hydrogens is 396 g/mol. The molecular formula is C23H38N4O4+2. The van der Waals surface area contributed by atoms with Gasteiger partial charge in [0.05, 0.1) is 7.11 Å². The summed E-state index contributed by atoms with van der Waals surface area (Å²) >= 11 is 0. The summed E-state index contributed by atoms with van der Waals surface area (Å²) in [5, 5.41) is 5.50. The fourth-order valence-electron chi connectivity index (χ4n) is 4.47. The van der Waals surface area contributed by atoms with Gasteiger partial charge in [-0.15, -0.1) is 0 Å². The van der Waals surface area contributed by atoms with Gasteiger partial charge in [0.25, 0.3) is 5.91 Å². The van der Waals surface area contributed by atoms with Crippen molar-refractivity contribution in [3.63, 3.8) is 0 Å². The van der Waals surface area contributed by atoms with Gasteiger partial charge in [-0.05, 0) is 44.0 Å². The van der Waals surface area contributed by atoms with Crippen LogP contribution in [0.15, 0.2) is 24.3 Å². The van der Waals surface area contributed by atoms with Gasteiger partial charge in [-0.3, -0.25) is 10.1 Å². The van der Waals surface area contributed by atoms with Crippen molar-refractivity contribution in [2.75, 3.05) is 46.4 Å². The molecule has 1 aromatic rings. The molecule has 1 saturated heterocycles. The van der Waals surface area contributed by atoms with Gasteiger partial charge in [-0.2, -0.15) is 0 Å². The van der Waals surface area contributed by atoms with E-state index in [-0.39, 0.29) is 24.0 Å². The number of carbonyl (C=O) groups is 2. The summed E-state index contributed by atoms with van der Waals surface area (Å²) in [6.45, 7) is 7.32. The minimum Gasteiger partial charge on any atom is -0.497 e. The second-order valence-electron chi connectivity index (χ2n) is 8.70. The summed E-state index contributed by atoms with van der Waals surface area (Å²) in [7, 11) is 1.65. The first-order valence-corrected chi connectivity index (χ1v) is 11.6. The molecule has 1 aliphatic carbocycles. The molecule has 0 bridgehead atoms. The van der Waals surface area contributed by atoms with Crippen molar-refractivity contribution in [3.8, 4) is 11.5 Å². The molecule has 31 heavy (non-hydrogen) atoms. The van der Waals surface area contributed by atoms with Crippen molar-refractivity contribution in [2.24, 2.45) is 0 Å². The number of ether oxygens (including phenoxy) is 2. The number of hydrogen-bond donors (Lipinski definition) is 4. The molecule has 0 unspecified atom stereocenters. The van der Waals surface area contributed by atoms with Crippen LogP contribution in [-0.2, 0) is 4.79 Å². The Morgan fingerprint density at radius 3 is 2.32 bits per heavy atom. The molecule has 1 atom stereocenters. The monoisotopic (exact) mass is 434 g/mol. The molecule has 0 radical (unpaired) electrons. The predicted molar refractivity (Wildman–Crippen MR) is 118 cm³/mol. The van der Waals surface area contributed by atoms with Crippen LogP contribution in [0.2, 0.25) is 0 Å². The number of carbonyl (C=O) groups excluding carboxylic acids is 2. The average Bonchev–Trinajstić information content (AvgIpc) is 2.80. The number of methoxy groups -OCH3 is 1. The summed E-state index contributed by atoms with van der Waals surface area (Å²) in [5.74, 6) is 1.48. The highest BCUT2D eigenvalue weighted by Crippen LogP contribution is 2.17. The summed E-state index contributed by atoms with van der Waals surface area (Å²) in [6.07, 6.45) is 5.56. The molecule has 1 saturated carbocycles. The number of benzene rings is 1. The van der Waals surface area contributed by atoms with Gasteiger partial charge in [-0.25, -0.2) is 4.79 Å². The van der Waals surface area contributed by atoms with Gasteiger partial charge >= 0.3 is 6.03 Å². The van der Waals surface area contributed by atoms with E-state index in [1.54, 1.807) is 7.11 Å². The molecule has 0 aromatic heterocycles. The van der Waals surface area contributed by atoms with Crippen LogP contribution in [0.5, 0.6) is 11.5 Å². The standard InChI is InChI=1S/C23H36N4O4/c1-18(22(28)25-23(29)24-19-6-4-3-5-7-19)27-14-12-26(13-15-27)16-17-31-21-10-8-20(30-2)9-11-21/h8-11,18-19H,3-7,12-17H2,1-2H3,(H2,24,25,28,29)/p+2/t18-/m0/s1. The van der Waals surface area contributed by atoms with E-state index in [4.69, 9.17) is 9.47 Å². The van der Waals surface area contributed by atoms with Gasteiger partial charge in [0, 0.05) is 6.04 Å². The lowest BCUT2D eigenvalue weighted by Gasteiger charge is -2.32. The lowest BCUT2D eigenvalue weighted by molar-refractivity contribution is -1.02. The minimum atomic E-state index is -0.344. The number of amides is 3. The third-order valence-corrected chi connectivity index (χ3v) is 6.57. The molecule has 1 aromatic carbocycles. The maximum atomic E-state index is 12.5. The largest absolute Gasteiger partial charge is 0.497 e. The number of urea groups is 1. The van der Waals surface area contributed by atoms with Crippen LogP contribution in [-0.4, -0.2) is 70.5 Å². The number of imide groups is 1. The van der Waals surface area contributed by atoms with Crippen LogP contribution in [0.4, 0.5) is 4.79 Å². The maximum absolute atomic E-state index is 12.5. The molecule has 2 aliphatic rings. The zero-order chi connectivity index (χ0) is 22.1. The summed E-state index contributed by atoms with van der Waals surface area (Å²) in [5.41, 5.74) is 0. The number of hydrogen-bond acceptors (Lipinski definition) is 4. The Bertz CT molecular complexity index is 698. The Morgan fingerprint density at radius 1 is 1.03 bits per heavy atom. The Kier molecular flexibility index (Phi) is 8.97. The first-order chi connectivity index (χ1) is 15.0. The molecule has 0 spiro atoms. The zero-order valence-corrected chi connectivity index (χ0v) is 18.9. The van der Waals surface area contributed by atoms with Crippen LogP contribution in [0.3, 0.4) is 0 Å². The molecule has 3 rings (SSSR count). The second-order valence-corrected chi connectivity index (χ2v) is 8.70. The Morgan fingerprint density at radius 2 is 1.68 bits per heavy atom. The van der Waals surface area contributed by atoms with Crippen molar-refractivity contribution in [2.45, 2.75) is 51.1 Å². The average molecular weight is 435 g/mol. The summed E-state index contributed by atoms with van der Waals surface area (Å²) in [4.78, 5) is 27.4. The van der Waals surface area contributed by atoms with Crippen LogP contribution in [0.25, 0.3) is 0 Å². The van der Waals surface area contributed by atoms with Crippen LogP contribution >= 0.6 is 0 Å². The maximum Gasteiger partial charge on any atom is 0.321 e. The third-order valence-electron chi connectivity index (χ3n) is 6.57. The van der Waals surface area contributed by atoms with E-state index in [9.17, 15) is 9.59 Å². The fourth-order valence-corrected chi connectivity index (χ4v) is 4.47. The van der Waals surface area contributed by atoms with E-state index in [0.717, 1.165) is 69.9 Å². The van der Waals surface area contributed by atoms with Crippen molar-refractivity contribution < 1.29 is 28.9 Å². The Hall–Kier alpha value is -2.32. The highest BCUT2D eigenvalue weighted by atomic mass is 16.5. The topological polar surface area (TPSA) is 85.5 Å². The smallest absolute Gasteiger partial charge is 0.321 e. The lowest BCUT2D eigenvalue weighted by atomic mass is 9.96. The van der Waals surface area contributed by atoms with E-state index in [0.29, 0.717) is 6.61 Å². The van der Waals surface area contributed by atoms with E-state index in [1.165, 1.54) is 16.2 Å². The van der Waals surface area contributed by atoms with E-state index >= 15 is 0 Å². The molecule has 8 heteroatoms. The van der Waals surface area contributed by atoms with Gasteiger partial charge in [-0.1, -0.05) is 19.3 Å². The van der Waals surface area contributed by atoms with E-state index < -0.39 is 0 Å². The molecule has 4 N–H and O–H groups in total. The minimum absolute atomic E-state index is 0.186. The van der Waals surface area contributed by atoms with Gasteiger partial charge in [0.15, 0.2) is 6.04 Å². The predicted octanol–water partition coefficient (Wildman–Crippen LogP) is -0.596. The first kappa shape index (κ1) is 23.3. The number of piperazine rings is 1. The SMILES string of the molecule is COc1ccc(OCC[NH+]2CC[NH+]([C@@H](C)C(=O)NC(=O)NC3CCCCC3)CC2)cc1. The highest BCUT2D eigenvalue weighted by Gasteiger charge is 2.32. The molecule has 3 amide bonds. The van der Waals surface area contributed by atoms with Crippen molar-refractivity contribution in [1.82, 2.24) is 10.6 Å². The third kappa shape index (κ3) is 7.40. The number of quaternary nitrogens is 2. The quantitative estimate of drug-likeness (QED) is 0.441. The zero-order valence-electron chi connectivity index (χ0n) is 18.9. The molecule has 1 heterocycles. The first-order valence-electron chi connectivity index (χ1n) is 11.6. The molecule has 8 nitrogen and oxygen atoms in total.